The lowest BCUT2D eigenvalue weighted by molar-refractivity contribution is 0.633. The zero-order chi connectivity index (χ0) is 58.6. The standard InChI is InChI=1S/C82H48N4S4/c1-3-23-49(24-4-1)83-67-37-17-11-31-59(67)81(60-32-12-18-38-68(60)83)63-47-77(85-65-35-15-7-27-51(65)55-45-75-57(43-71(55)85)53-29-9-21-41-73(53)87-75)90-80(63)82(61-33-13-19-39-69(61)84(50-25-5-2-6-26-50)70-40-20-14-34-62(70)82)64-48-78(89-79(64)81)86-66-36-16-8-28-52(66)56-46-76-58(44-72(56)86)54-30-10-22-42-74(54)88-76/h1-48H. The van der Waals surface area contributed by atoms with Crippen LogP contribution in [0.5, 0.6) is 0 Å². The molecular formula is C82H48N4S4. The molecular weight excluding hydrogens is 1170 g/mol. The van der Waals surface area contributed by atoms with Gasteiger partial charge >= 0.3 is 0 Å². The summed E-state index contributed by atoms with van der Waals surface area (Å²) in [5, 5.41) is 12.6. The van der Waals surface area contributed by atoms with Crippen molar-refractivity contribution in [1.82, 2.24) is 9.13 Å². The number of thiophene rings is 4. The molecule has 0 saturated carbocycles. The Labute approximate surface area is 533 Å². The molecule has 12 aromatic carbocycles. The van der Waals surface area contributed by atoms with Gasteiger partial charge < -0.3 is 18.9 Å². The van der Waals surface area contributed by atoms with Crippen LogP contribution in [0.25, 0.3) is 94.0 Å². The molecule has 6 aromatic heterocycles. The first-order valence-electron chi connectivity index (χ1n) is 30.7. The molecule has 0 radical (unpaired) electrons. The van der Waals surface area contributed by atoms with E-state index in [-0.39, 0.29) is 0 Å². The number of nitrogens with zero attached hydrogens (tertiary/aromatic N) is 4. The lowest BCUT2D eigenvalue weighted by atomic mass is 9.53. The molecule has 90 heavy (non-hydrogen) atoms. The second-order valence-electron chi connectivity index (χ2n) is 24.2. The van der Waals surface area contributed by atoms with Crippen molar-refractivity contribution in [3.05, 3.63) is 334 Å². The van der Waals surface area contributed by atoms with E-state index in [9.17, 15) is 0 Å². The molecule has 18 aromatic rings. The topological polar surface area (TPSA) is 16.3 Å². The highest BCUT2D eigenvalue weighted by atomic mass is 32.1. The number of para-hydroxylation sites is 8. The average molecular weight is 1220 g/mol. The quantitative estimate of drug-likeness (QED) is 0.175. The van der Waals surface area contributed by atoms with Gasteiger partial charge in [-0.25, -0.2) is 0 Å². The number of rotatable bonds is 4. The SMILES string of the molecule is c1ccc(N2c3ccccc3C3(c4ccccc42)c2cc(-n4c5ccccc5c5cc6sc7ccccc7c6cc54)sc2C2(c4ccccc4N(c4ccccc4)c4ccccc42)c2cc(-n4c5ccccc5c5cc6sc7ccccc7c6cc54)sc23)cc1. The molecule has 2 spiro atoms. The molecule has 0 atom stereocenters. The number of hydrogen-bond acceptors (Lipinski definition) is 6. The molecule has 8 heterocycles. The Hall–Kier alpha value is -10.3. The predicted octanol–water partition coefficient (Wildman–Crippen LogP) is 23.4. The van der Waals surface area contributed by atoms with E-state index in [0.717, 1.165) is 11.4 Å². The van der Waals surface area contributed by atoms with Crippen LogP contribution in [0.3, 0.4) is 0 Å². The van der Waals surface area contributed by atoms with E-state index < -0.39 is 10.8 Å². The van der Waals surface area contributed by atoms with E-state index in [4.69, 9.17) is 0 Å². The summed E-state index contributed by atoms with van der Waals surface area (Å²) in [6, 6.07) is 111. The lowest BCUT2D eigenvalue weighted by Crippen LogP contribution is -2.47. The molecule has 4 nitrogen and oxygen atoms in total. The van der Waals surface area contributed by atoms with Gasteiger partial charge in [0.1, 0.15) is 10.0 Å². The maximum absolute atomic E-state index is 2.66. The first kappa shape index (κ1) is 49.6. The van der Waals surface area contributed by atoms with Crippen molar-refractivity contribution in [2.24, 2.45) is 0 Å². The first-order valence-corrected chi connectivity index (χ1v) is 34.0. The zero-order valence-corrected chi connectivity index (χ0v) is 51.4. The van der Waals surface area contributed by atoms with Gasteiger partial charge in [-0.05, 0) is 143 Å². The number of aromatic nitrogens is 2. The number of benzene rings is 12. The lowest BCUT2D eigenvalue weighted by Gasteiger charge is -2.53. The molecule has 21 rings (SSSR count). The third-order valence-corrected chi connectivity index (χ3v) is 24.7. The molecule has 420 valence electrons. The smallest absolute Gasteiger partial charge is 0.101 e. The molecule has 0 N–H and O–H groups in total. The van der Waals surface area contributed by atoms with Crippen LogP contribution in [0.1, 0.15) is 43.1 Å². The van der Waals surface area contributed by atoms with Gasteiger partial charge in [0.2, 0.25) is 0 Å². The van der Waals surface area contributed by atoms with E-state index in [2.05, 4.69) is 310 Å². The van der Waals surface area contributed by atoms with E-state index in [1.807, 2.05) is 45.3 Å². The Balaban J connectivity index is 0.962. The summed E-state index contributed by atoms with van der Waals surface area (Å²) in [5.41, 5.74) is 17.7. The normalized spacial score (nSPS) is 14.4. The monoisotopic (exact) mass is 1220 g/mol. The van der Waals surface area contributed by atoms with Gasteiger partial charge in [-0.15, -0.1) is 45.3 Å². The fraction of sp³-hybridized carbons (Fsp3) is 0.0244. The minimum atomic E-state index is -0.836. The Kier molecular flexibility index (Phi) is 10.0. The largest absolute Gasteiger partial charge is 0.310 e. The van der Waals surface area contributed by atoms with Crippen LogP contribution in [0.4, 0.5) is 34.1 Å². The van der Waals surface area contributed by atoms with E-state index >= 15 is 0 Å². The fourth-order valence-corrected chi connectivity index (χ4v) is 21.7. The van der Waals surface area contributed by atoms with Crippen LogP contribution in [0.2, 0.25) is 0 Å². The second kappa shape index (κ2) is 18.2. The minimum Gasteiger partial charge on any atom is -0.310 e. The van der Waals surface area contributed by atoms with Crippen LogP contribution in [-0.4, -0.2) is 9.13 Å². The predicted molar refractivity (Wildman–Crippen MR) is 383 cm³/mol. The van der Waals surface area contributed by atoms with Crippen molar-refractivity contribution in [3.8, 4) is 10.0 Å². The number of hydrogen-bond donors (Lipinski definition) is 0. The summed E-state index contributed by atoms with van der Waals surface area (Å²) in [5.74, 6) is 0. The number of anilines is 6. The molecule has 8 heteroatoms. The zero-order valence-electron chi connectivity index (χ0n) is 48.1. The Bertz CT molecular complexity index is 5580. The maximum Gasteiger partial charge on any atom is 0.101 e. The summed E-state index contributed by atoms with van der Waals surface area (Å²) in [7, 11) is 0. The summed E-state index contributed by atoms with van der Waals surface area (Å²) in [6.07, 6.45) is 0. The van der Waals surface area contributed by atoms with Crippen molar-refractivity contribution in [3.63, 3.8) is 0 Å². The first-order chi connectivity index (χ1) is 44.6. The van der Waals surface area contributed by atoms with Crippen molar-refractivity contribution in [2.45, 2.75) is 10.8 Å². The third-order valence-electron chi connectivity index (χ3n) is 19.9. The highest BCUT2D eigenvalue weighted by Gasteiger charge is 2.61. The van der Waals surface area contributed by atoms with Gasteiger partial charge in [0.05, 0.1) is 55.6 Å². The molecule has 0 unspecified atom stereocenters. The Morgan fingerprint density at radius 3 is 0.956 bits per heavy atom. The maximum atomic E-state index is 2.66. The van der Waals surface area contributed by atoms with Crippen molar-refractivity contribution in [1.29, 1.82) is 0 Å². The summed E-state index contributed by atoms with van der Waals surface area (Å²) >= 11 is 7.77. The van der Waals surface area contributed by atoms with E-state index in [0.29, 0.717) is 0 Å². The molecule has 1 aliphatic carbocycles. The highest BCUT2D eigenvalue weighted by Crippen LogP contribution is 2.71. The van der Waals surface area contributed by atoms with Gasteiger partial charge in [0.15, 0.2) is 0 Å². The summed E-state index contributed by atoms with van der Waals surface area (Å²) in [6.45, 7) is 0. The molecule has 3 aliphatic rings. The van der Waals surface area contributed by atoms with Crippen molar-refractivity contribution in [2.75, 3.05) is 9.80 Å². The van der Waals surface area contributed by atoms with Crippen molar-refractivity contribution >= 4 is 163 Å². The highest BCUT2D eigenvalue weighted by molar-refractivity contribution is 7.26. The number of fused-ring (bicyclic) bond motifs is 26. The van der Waals surface area contributed by atoms with Crippen LogP contribution >= 0.6 is 45.3 Å². The van der Waals surface area contributed by atoms with Crippen LogP contribution in [-0.2, 0) is 10.8 Å². The molecule has 2 aliphatic heterocycles. The average Bonchev–Trinajstić information content (AvgIpc) is 1.24. The summed E-state index contributed by atoms with van der Waals surface area (Å²) in [4.78, 5) is 7.69. The molecule has 0 fully saturated rings. The molecule has 0 amide bonds. The Morgan fingerprint density at radius 1 is 0.222 bits per heavy atom. The second-order valence-corrected chi connectivity index (χ2v) is 28.4. The van der Waals surface area contributed by atoms with Gasteiger partial charge in [0.25, 0.3) is 0 Å². The van der Waals surface area contributed by atoms with E-state index in [1.165, 1.54) is 160 Å². The van der Waals surface area contributed by atoms with E-state index in [1.54, 1.807) is 0 Å². The van der Waals surface area contributed by atoms with Gasteiger partial charge in [-0.3, -0.25) is 0 Å². The fourth-order valence-electron chi connectivity index (χ4n) is 16.5. The van der Waals surface area contributed by atoms with Gasteiger partial charge in [-0.1, -0.05) is 182 Å². The van der Waals surface area contributed by atoms with Crippen molar-refractivity contribution < 1.29 is 0 Å². The summed E-state index contributed by atoms with van der Waals surface area (Å²) < 4.78 is 10.5. The molecule has 0 saturated heterocycles. The van der Waals surface area contributed by atoms with Crippen LogP contribution in [0, 0.1) is 0 Å². The van der Waals surface area contributed by atoms with Crippen LogP contribution < -0.4 is 9.80 Å². The minimum absolute atomic E-state index is 0.836. The van der Waals surface area contributed by atoms with Gasteiger partial charge in [-0.2, -0.15) is 0 Å². The molecule has 0 bridgehead atoms. The van der Waals surface area contributed by atoms with Crippen LogP contribution in [0.15, 0.2) is 291 Å². The third kappa shape index (κ3) is 6.28. The Morgan fingerprint density at radius 2 is 0.556 bits per heavy atom. The van der Waals surface area contributed by atoms with Gasteiger partial charge in [0, 0.05) is 83.0 Å².